The first-order valence-corrected chi connectivity index (χ1v) is 4.38. The first kappa shape index (κ1) is 8.93. The summed E-state index contributed by atoms with van der Waals surface area (Å²) in [5.74, 6) is 0.547. The Balaban J connectivity index is 2.55. The molecule has 0 amide bonds. The maximum absolute atomic E-state index is 10.9. The molecule has 0 spiro atoms. The van der Waals surface area contributed by atoms with E-state index >= 15 is 0 Å². The third-order valence-electron chi connectivity index (χ3n) is 2.43. The predicted octanol–water partition coefficient (Wildman–Crippen LogP) is 0.552. The van der Waals surface area contributed by atoms with Crippen LogP contribution in [0.1, 0.15) is 10.5 Å². The number of aromatic carboxylic acids is 1. The number of carboxylic acids is 1. The molecule has 0 fully saturated rings. The molecular weight excluding hydrogens is 184 g/mol. The van der Waals surface area contributed by atoms with E-state index in [-0.39, 0.29) is 5.69 Å². The monoisotopic (exact) mass is 196 g/mol. The number of hydrogen-bond acceptors (Lipinski definition) is 3. The number of rotatable bonds is 1. The van der Waals surface area contributed by atoms with Gasteiger partial charge in [-0.15, -0.1) is 0 Å². The molecule has 0 atom stereocenters. The number of hydrogen-bond donors (Lipinski definition) is 1. The lowest BCUT2D eigenvalue weighted by Gasteiger charge is -2.26. The van der Waals surface area contributed by atoms with Gasteiger partial charge in [-0.05, 0) is 0 Å². The Labute approximate surface area is 81.5 Å². The summed E-state index contributed by atoms with van der Waals surface area (Å²) in [6.45, 7) is 1.39. The molecular formula is C9H12N2O3. The second-order valence-electron chi connectivity index (χ2n) is 3.35. The number of nitrogens with zero attached hydrogens (tertiary/aromatic N) is 2. The van der Waals surface area contributed by atoms with E-state index in [1.54, 1.807) is 17.7 Å². The summed E-state index contributed by atoms with van der Waals surface area (Å²) in [6, 6.07) is 1.56. The summed E-state index contributed by atoms with van der Waals surface area (Å²) in [5.41, 5.74) is 0.253. The highest BCUT2D eigenvalue weighted by Crippen LogP contribution is 2.33. The zero-order valence-electron chi connectivity index (χ0n) is 8.15. The van der Waals surface area contributed by atoms with Crippen molar-refractivity contribution in [2.75, 3.05) is 25.1 Å². The zero-order chi connectivity index (χ0) is 10.3. The van der Waals surface area contributed by atoms with Crippen LogP contribution in [-0.2, 0) is 7.05 Å². The highest BCUT2D eigenvalue weighted by Gasteiger charge is 2.23. The van der Waals surface area contributed by atoms with Gasteiger partial charge in [-0.1, -0.05) is 0 Å². The van der Waals surface area contributed by atoms with Crippen LogP contribution < -0.4 is 9.64 Å². The maximum atomic E-state index is 10.9. The third-order valence-corrected chi connectivity index (χ3v) is 2.43. The third kappa shape index (κ3) is 1.13. The fourth-order valence-electron chi connectivity index (χ4n) is 1.72. The van der Waals surface area contributed by atoms with Crippen molar-refractivity contribution < 1.29 is 14.6 Å². The molecule has 1 aliphatic rings. The average molecular weight is 196 g/mol. The van der Waals surface area contributed by atoms with Gasteiger partial charge in [-0.25, -0.2) is 4.79 Å². The van der Waals surface area contributed by atoms with Crippen molar-refractivity contribution >= 4 is 11.8 Å². The molecule has 0 saturated carbocycles. The van der Waals surface area contributed by atoms with Gasteiger partial charge in [-0.3, -0.25) is 0 Å². The number of aromatic nitrogens is 1. The second-order valence-corrected chi connectivity index (χ2v) is 3.35. The summed E-state index contributed by atoms with van der Waals surface area (Å²) in [6.07, 6.45) is 0. The normalized spacial score (nSPS) is 14.9. The average Bonchev–Trinajstić information content (AvgIpc) is 2.45. The topological polar surface area (TPSA) is 54.7 Å². The molecule has 0 aromatic carbocycles. The van der Waals surface area contributed by atoms with Crippen LogP contribution in [0.2, 0.25) is 0 Å². The predicted molar refractivity (Wildman–Crippen MR) is 51.1 cm³/mol. The Morgan fingerprint density at radius 2 is 2.29 bits per heavy atom. The van der Waals surface area contributed by atoms with Gasteiger partial charge in [-0.2, -0.15) is 0 Å². The van der Waals surface area contributed by atoms with Gasteiger partial charge in [0.25, 0.3) is 0 Å². The van der Waals surface area contributed by atoms with Crippen LogP contribution in [0.4, 0.5) is 5.82 Å². The van der Waals surface area contributed by atoms with Crippen LogP contribution in [0.25, 0.3) is 0 Å². The van der Waals surface area contributed by atoms with Gasteiger partial charge in [0.2, 0.25) is 0 Å². The van der Waals surface area contributed by atoms with Crippen LogP contribution in [0.3, 0.4) is 0 Å². The number of carboxylic acid groups (broad SMARTS) is 1. The molecule has 0 bridgehead atoms. The fraction of sp³-hybridized carbons (Fsp3) is 0.444. The first-order chi connectivity index (χ1) is 6.61. The fourth-order valence-corrected chi connectivity index (χ4v) is 1.72. The summed E-state index contributed by atoms with van der Waals surface area (Å²) in [7, 11) is 3.65. The first-order valence-electron chi connectivity index (χ1n) is 4.38. The van der Waals surface area contributed by atoms with Gasteiger partial charge >= 0.3 is 5.97 Å². The molecule has 2 rings (SSSR count). The molecule has 5 heteroatoms. The largest absolute Gasteiger partial charge is 0.488 e. The second kappa shape index (κ2) is 2.94. The molecule has 0 aliphatic carbocycles. The van der Waals surface area contributed by atoms with Crippen molar-refractivity contribution in [1.82, 2.24) is 4.57 Å². The summed E-state index contributed by atoms with van der Waals surface area (Å²) in [4.78, 5) is 12.8. The zero-order valence-corrected chi connectivity index (χ0v) is 8.15. The van der Waals surface area contributed by atoms with Crippen molar-refractivity contribution in [2.24, 2.45) is 7.05 Å². The maximum Gasteiger partial charge on any atom is 0.352 e. The van der Waals surface area contributed by atoms with E-state index < -0.39 is 5.97 Å². The van der Waals surface area contributed by atoms with E-state index in [1.165, 1.54) is 0 Å². The lowest BCUT2D eigenvalue weighted by Crippen LogP contribution is -2.30. The Hall–Kier alpha value is -1.65. The molecule has 1 N–H and O–H groups in total. The summed E-state index contributed by atoms with van der Waals surface area (Å²) < 4.78 is 7.02. The van der Waals surface area contributed by atoms with E-state index in [2.05, 4.69) is 0 Å². The van der Waals surface area contributed by atoms with E-state index in [9.17, 15) is 4.79 Å². The molecule has 0 saturated heterocycles. The minimum Gasteiger partial charge on any atom is -0.488 e. The molecule has 5 nitrogen and oxygen atoms in total. The summed E-state index contributed by atoms with van der Waals surface area (Å²) >= 11 is 0. The van der Waals surface area contributed by atoms with Crippen LogP contribution in [0.5, 0.6) is 5.75 Å². The van der Waals surface area contributed by atoms with Crippen molar-refractivity contribution in [1.29, 1.82) is 0 Å². The highest BCUT2D eigenvalue weighted by atomic mass is 16.5. The van der Waals surface area contributed by atoms with Gasteiger partial charge in [0, 0.05) is 20.2 Å². The van der Waals surface area contributed by atoms with Gasteiger partial charge in [0.05, 0.1) is 6.54 Å². The molecule has 14 heavy (non-hydrogen) atoms. The molecule has 1 aromatic rings. The molecule has 1 aliphatic heterocycles. The van der Waals surface area contributed by atoms with Gasteiger partial charge in [0.1, 0.15) is 12.3 Å². The van der Waals surface area contributed by atoms with Crippen molar-refractivity contribution in [3.05, 3.63) is 11.8 Å². The number of carbonyl (C=O) groups is 1. The Morgan fingerprint density at radius 1 is 1.57 bits per heavy atom. The molecule has 1 aromatic heterocycles. The smallest absolute Gasteiger partial charge is 0.352 e. The standard InChI is InChI=1S/C9H12N2O3/c1-10-3-4-14-7-5-6(9(12)13)11(2)8(7)10/h5H,3-4H2,1-2H3,(H,12,13). The quantitative estimate of drug-likeness (QED) is 0.712. The van der Waals surface area contributed by atoms with E-state index in [1.807, 2.05) is 11.9 Å². The summed E-state index contributed by atoms with van der Waals surface area (Å²) in [5, 5.41) is 8.91. The van der Waals surface area contributed by atoms with Crippen LogP contribution >= 0.6 is 0 Å². The highest BCUT2D eigenvalue weighted by molar-refractivity contribution is 5.88. The minimum absolute atomic E-state index is 0.253. The molecule has 76 valence electrons. The van der Waals surface area contributed by atoms with E-state index in [0.717, 1.165) is 12.4 Å². The minimum atomic E-state index is -0.932. The number of ether oxygens (including phenoxy) is 1. The van der Waals surface area contributed by atoms with Crippen LogP contribution in [0, 0.1) is 0 Å². The van der Waals surface area contributed by atoms with Crippen LogP contribution in [0.15, 0.2) is 6.07 Å². The van der Waals surface area contributed by atoms with Crippen molar-refractivity contribution in [2.45, 2.75) is 0 Å². The van der Waals surface area contributed by atoms with Crippen LogP contribution in [-0.4, -0.2) is 35.8 Å². The van der Waals surface area contributed by atoms with E-state index in [0.29, 0.717) is 12.4 Å². The van der Waals surface area contributed by atoms with Crippen molar-refractivity contribution in [3.63, 3.8) is 0 Å². The Bertz CT molecular complexity index is 384. The van der Waals surface area contributed by atoms with Gasteiger partial charge in [0.15, 0.2) is 11.6 Å². The molecule has 0 radical (unpaired) electrons. The SMILES string of the molecule is CN1CCOc2cc(C(=O)O)n(C)c21. The lowest BCUT2D eigenvalue weighted by atomic mass is 10.4. The number of likely N-dealkylation sites (N-methyl/N-ethyl adjacent to an activating group) is 1. The number of anilines is 1. The Kier molecular flexibility index (Phi) is 1.87. The lowest BCUT2D eigenvalue weighted by molar-refractivity contribution is 0.0686. The number of fused-ring (bicyclic) bond motifs is 1. The molecule has 0 unspecified atom stereocenters. The molecule has 2 heterocycles. The van der Waals surface area contributed by atoms with Crippen molar-refractivity contribution in [3.8, 4) is 5.75 Å². The Morgan fingerprint density at radius 3 is 2.86 bits per heavy atom. The van der Waals surface area contributed by atoms with E-state index in [4.69, 9.17) is 9.84 Å². The van der Waals surface area contributed by atoms with Gasteiger partial charge < -0.3 is 19.3 Å².